The molecule has 5 nitrogen and oxygen atoms in total. The van der Waals surface area contributed by atoms with Crippen LogP contribution in [-0.4, -0.2) is 43.4 Å². The van der Waals surface area contributed by atoms with Gasteiger partial charge in [0, 0.05) is 6.54 Å². The van der Waals surface area contributed by atoms with Crippen LogP contribution in [0.5, 0.6) is 0 Å². The highest BCUT2D eigenvalue weighted by molar-refractivity contribution is 5.92. The van der Waals surface area contributed by atoms with Gasteiger partial charge in [-0.25, -0.2) is 17.6 Å². The van der Waals surface area contributed by atoms with Crippen molar-refractivity contribution in [3.8, 4) is 0 Å². The predicted molar refractivity (Wildman–Crippen MR) is 95.6 cm³/mol. The van der Waals surface area contributed by atoms with Gasteiger partial charge in [-0.2, -0.15) is 0 Å². The van der Waals surface area contributed by atoms with Crippen LogP contribution >= 0.6 is 0 Å². The van der Waals surface area contributed by atoms with E-state index < -0.39 is 29.0 Å². The molecular formula is C19H19F4N3O2. The van der Waals surface area contributed by atoms with Crippen molar-refractivity contribution < 1.29 is 27.2 Å². The van der Waals surface area contributed by atoms with E-state index in [0.29, 0.717) is 18.1 Å². The van der Waals surface area contributed by atoms with Crippen molar-refractivity contribution in [3.05, 3.63) is 65.2 Å². The standard InChI is InChI=1S/C19H19F4N3O2/c1-26(10-16(27)24-9-8-12-4-2-3-5-13(12)20)11-17(28)25-15-7-6-14(21)18(22)19(15)23/h2-7H,8-11H2,1H3,(H,24,27)(H,25,28). The van der Waals surface area contributed by atoms with Crippen LogP contribution < -0.4 is 10.6 Å². The van der Waals surface area contributed by atoms with Gasteiger partial charge in [-0.05, 0) is 37.2 Å². The van der Waals surface area contributed by atoms with Crippen LogP contribution in [0.15, 0.2) is 36.4 Å². The Morgan fingerprint density at radius 3 is 2.29 bits per heavy atom. The van der Waals surface area contributed by atoms with Crippen molar-refractivity contribution in [1.29, 1.82) is 0 Å². The lowest BCUT2D eigenvalue weighted by Crippen LogP contribution is -2.39. The minimum atomic E-state index is -1.68. The van der Waals surface area contributed by atoms with Gasteiger partial charge in [-0.3, -0.25) is 14.5 Å². The minimum absolute atomic E-state index is 0.134. The number of nitrogens with one attached hydrogen (secondary N) is 2. The van der Waals surface area contributed by atoms with Crippen LogP contribution in [0.4, 0.5) is 23.2 Å². The number of carbonyl (C=O) groups excluding carboxylic acids is 2. The zero-order valence-corrected chi connectivity index (χ0v) is 15.1. The first-order valence-corrected chi connectivity index (χ1v) is 8.40. The second kappa shape index (κ2) is 9.84. The fourth-order valence-electron chi connectivity index (χ4n) is 2.45. The largest absolute Gasteiger partial charge is 0.355 e. The monoisotopic (exact) mass is 397 g/mol. The van der Waals surface area contributed by atoms with E-state index in [2.05, 4.69) is 10.6 Å². The quantitative estimate of drug-likeness (QED) is 0.532. The fraction of sp³-hybridized carbons (Fsp3) is 0.263. The molecule has 0 fully saturated rings. The van der Waals surface area contributed by atoms with Gasteiger partial charge in [-0.1, -0.05) is 18.2 Å². The number of nitrogens with zero attached hydrogens (tertiary/aromatic N) is 1. The summed E-state index contributed by atoms with van der Waals surface area (Å²) in [5, 5.41) is 4.72. The van der Waals surface area contributed by atoms with Crippen LogP contribution in [0.1, 0.15) is 5.56 Å². The smallest absolute Gasteiger partial charge is 0.238 e. The molecule has 0 saturated carbocycles. The Hall–Kier alpha value is -2.94. The zero-order chi connectivity index (χ0) is 20.7. The number of benzene rings is 2. The highest BCUT2D eigenvalue weighted by Crippen LogP contribution is 2.19. The Bertz CT molecular complexity index is 861. The number of rotatable bonds is 8. The third-order valence-corrected chi connectivity index (χ3v) is 3.81. The molecule has 2 N–H and O–H groups in total. The van der Waals surface area contributed by atoms with Gasteiger partial charge in [0.2, 0.25) is 11.8 Å². The maximum absolute atomic E-state index is 13.5. The van der Waals surface area contributed by atoms with E-state index in [1.165, 1.54) is 18.0 Å². The Kier molecular flexibility index (Phi) is 7.51. The number of amides is 2. The molecule has 9 heteroatoms. The van der Waals surface area contributed by atoms with E-state index in [1.54, 1.807) is 18.2 Å². The Balaban J connectivity index is 1.76. The Morgan fingerprint density at radius 2 is 1.57 bits per heavy atom. The van der Waals surface area contributed by atoms with E-state index in [9.17, 15) is 27.2 Å². The molecule has 2 aromatic carbocycles. The highest BCUT2D eigenvalue weighted by atomic mass is 19.2. The SMILES string of the molecule is CN(CC(=O)NCCc1ccccc1F)CC(=O)Nc1ccc(F)c(F)c1F. The molecule has 0 heterocycles. The number of hydrogen-bond acceptors (Lipinski definition) is 3. The van der Waals surface area contributed by atoms with Gasteiger partial charge in [0.15, 0.2) is 17.5 Å². The average molecular weight is 397 g/mol. The van der Waals surface area contributed by atoms with Gasteiger partial charge < -0.3 is 10.6 Å². The number of halogens is 4. The molecule has 0 radical (unpaired) electrons. The van der Waals surface area contributed by atoms with Crippen molar-refractivity contribution in [2.45, 2.75) is 6.42 Å². The lowest BCUT2D eigenvalue weighted by atomic mass is 10.1. The summed E-state index contributed by atoms with van der Waals surface area (Å²) in [7, 11) is 1.48. The van der Waals surface area contributed by atoms with Gasteiger partial charge in [0.05, 0.1) is 18.8 Å². The predicted octanol–water partition coefficient (Wildman–Crippen LogP) is 2.47. The number of likely N-dealkylation sites (N-methyl/N-ethyl adjacent to an activating group) is 1. The average Bonchev–Trinajstić information content (AvgIpc) is 2.63. The molecule has 0 saturated heterocycles. The van der Waals surface area contributed by atoms with Crippen LogP contribution in [0, 0.1) is 23.3 Å². The van der Waals surface area contributed by atoms with E-state index in [-0.39, 0.29) is 31.4 Å². The molecule has 0 unspecified atom stereocenters. The molecule has 0 aliphatic rings. The summed E-state index contributed by atoms with van der Waals surface area (Å²) in [5.74, 6) is -5.98. The molecule has 0 aromatic heterocycles. The van der Waals surface area contributed by atoms with Gasteiger partial charge in [-0.15, -0.1) is 0 Å². The summed E-state index contributed by atoms with van der Waals surface area (Å²) in [6, 6.07) is 7.82. The zero-order valence-electron chi connectivity index (χ0n) is 15.1. The lowest BCUT2D eigenvalue weighted by molar-refractivity contribution is -0.122. The molecule has 28 heavy (non-hydrogen) atoms. The van der Waals surface area contributed by atoms with Crippen LogP contribution in [0.25, 0.3) is 0 Å². The molecule has 2 rings (SSSR count). The highest BCUT2D eigenvalue weighted by Gasteiger charge is 2.16. The molecule has 150 valence electrons. The number of carbonyl (C=O) groups is 2. The van der Waals surface area contributed by atoms with Crippen molar-refractivity contribution >= 4 is 17.5 Å². The van der Waals surface area contributed by atoms with E-state index in [1.807, 2.05) is 0 Å². The summed E-state index contributed by atoms with van der Waals surface area (Å²) in [6.07, 6.45) is 0.317. The number of anilines is 1. The summed E-state index contributed by atoms with van der Waals surface area (Å²) in [4.78, 5) is 25.1. The topological polar surface area (TPSA) is 61.4 Å². The molecule has 0 aliphatic heterocycles. The molecule has 0 atom stereocenters. The Morgan fingerprint density at radius 1 is 0.893 bits per heavy atom. The lowest BCUT2D eigenvalue weighted by Gasteiger charge is -2.16. The summed E-state index contributed by atoms with van der Waals surface area (Å²) < 4.78 is 53.1. The third kappa shape index (κ3) is 6.05. The molecular weight excluding hydrogens is 378 g/mol. The first-order chi connectivity index (χ1) is 13.3. The summed E-state index contributed by atoms with van der Waals surface area (Å²) in [5.41, 5.74) is -0.0178. The van der Waals surface area contributed by atoms with Crippen LogP contribution in [0.2, 0.25) is 0 Å². The van der Waals surface area contributed by atoms with Gasteiger partial charge >= 0.3 is 0 Å². The second-order valence-electron chi connectivity index (χ2n) is 6.13. The van der Waals surface area contributed by atoms with Gasteiger partial charge in [0.1, 0.15) is 5.82 Å². The molecule has 0 spiro atoms. The van der Waals surface area contributed by atoms with E-state index >= 15 is 0 Å². The van der Waals surface area contributed by atoms with Crippen LogP contribution in [0.3, 0.4) is 0 Å². The van der Waals surface area contributed by atoms with Crippen molar-refractivity contribution in [1.82, 2.24) is 10.2 Å². The number of hydrogen-bond donors (Lipinski definition) is 2. The van der Waals surface area contributed by atoms with Gasteiger partial charge in [0.25, 0.3) is 0 Å². The van der Waals surface area contributed by atoms with Crippen LogP contribution in [-0.2, 0) is 16.0 Å². The summed E-state index contributed by atoms with van der Waals surface area (Å²) in [6.45, 7) is -0.190. The minimum Gasteiger partial charge on any atom is -0.355 e. The fourth-order valence-corrected chi connectivity index (χ4v) is 2.45. The summed E-state index contributed by atoms with van der Waals surface area (Å²) >= 11 is 0. The van der Waals surface area contributed by atoms with E-state index in [4.69, 9.17) is 0 Å². The third-order valence-electron chi connectivity index (χ3n) is 3.81. The molecule has 0 bridgehead atoms. The maximum Gasteiger partial charge on any atom is 0.238 e. The van der Waals surface area contributed by atoms with E-state index in [0.717, 1.165) is 6.07 Å². The normalized spacial score (nSPS) is 10.8. The molecule has 2 aromatic rings. The van der Waals surface area contributed by atoms with Crippen molar-refractivity contribution in [2.75, 3.05) is 32.0 Å². The van der Waals surface area contributed by atoms with Crippen molar-refractivity contribution in [3.63, 3.8) is 0 Å². The first-order valence-electron chi connectivity index (χ1n) is 8.40. The Labute approximate surface area is 159 Å². The second-order valence-corrected chi connectivity index (χ2v) is 6.13. The molecule has 0 aliphatic carbocycles. The van der Waals surface area contributed by atoms with Crippen molar-refractivity contribution in [2.24, 2.45) is 0 Å². The maximum atomic E-state index is 13.5. The molecule has 2 amide bonds. The first kappa shape index (κ1) is 21.4.